The number of ether oxygens (including phenoxy) is 1. The quantitative estimate of drug-likeness (QED) is 0.356. The van der Waals surface area contributed by atoms with Crippen molar-refractivity contribution >= 4 is 22.6 Å². The van der Waals surface area contributed by atoms with Gasteiger partial charge in [-0.05, 0) is 53.5 Å². The second kappa shape index (κ2) is 7.68. The molecule has 0 unspecified atom stereocenters. The first-order valence-electron chi connectivity index (χ1n) is 11.4. The Morgan fingerprint density at radius 1 is 0.903 bits per heavy atom. The molecule has 1 spiro atoms. The van der Waals surface area contributed by atoms with Crippen LogP contribution in [0.1, 0.15) is 71.3 Å². The van der Waals surface area contributed by atoms with Crippen molar-refractivity contribution < 1.29 is 18.4 Å². The fourth-order valence-corrected chi connectivity index (χ4v) is 6.34. The summed E-state index contributed by atoms with van der Waals surface area (Å²) in [5.41, 5.74) is 1.42. The number of rotatable bonds is 4. The Bertz CT molecular complexity index is 876. The van der Waals surface area contributed by atoms with Crippen LogP contribution in [0, 0.1) is 0 Å². The van der Waals surface area contributed by atoms with Crippen LogP contribution in [0.2, 0.25) is 36.3 Å². The molecular formula is C25H40O4Si2. The maximum Gasteiger partial charge on any atom is 0.331 e. The van der Waals surface area contributed by atoms with Gasteiger partial charge in [0, 0.05) is 12.5 Å². The minimum Gasteiger partial charge on any atom is -0.448 e. The molecule has 0 radical (unpaired) electrons. The monoisotopic (exact) mass is 460 g/mol. The number of hydrogen-bond acceptors (Lipinski definition) is 4. The Balaban J connectivity index is 2.10. The fourth-order valence-electron chi connectivity index (χ4n) is 3.80. The molecule has 0 bridgehead atoms. The van der Waals surface area contributed by atoms with Crippen molar-refractivity contribution in [3.05, 3.63) is 47.5 Å². The third kappa shape index (κ3) is 4.49. The number of hydrogen-bond donors (Lipinski definition) is 0. The summed E-state index contributed by atoms with van der Waals surface area (Å²) >= 11 is 0. The predicted octanol–water partition coefficient (Wildman–Crippen LogP) is 7.07. The van der Waals surface area contributed by atoms with Gasteiger partial charge in [0.05, 0.1) is 6.10 Å². The lowest BCUT2D eigenvalue weighted by molar-refractivity contribution is -0.159. The van der Waals surface area contributed by atoms with Crippen LogP contribution in [0.5, 0.6) is 0 Å². The summed E-state index contributed by atoms with van der Waals surface area (Å²) in [7, 11) is -4.17. The molecular weight excluding hydrogens is 420 g/mol. The first-order chi connectivity index (χ1) is 14.0. The molecule has 2 aliphatic rings. The third-order valence-corrected chi connectivity index (χ3v) is 16.8. The van der Waals surface area contributed by atoms with E-state index in [-0.39, 0.29) is 28.3 Å². The lowest BCUT2D eigenvalue weighted by Crippen LogP contribution is -2.52. The van der Waals surface area contributed by atoms with Crippen LogP contribution in [0.3, 0.4) is 0 Å². The van der Waals surface area contributed by atoms with Gasteiger partial charge < -0.3 is 13.6 Å². The first-order valence-corrected chi connectivity index (χ1v) is 17.2. The number of fused-ring (bicyclic) bond motifs is 1. The summed E-state index contributed by atoms with van der Waals surface area (Å²) in [6.07, 6.45) is 3.60. The van der Waals surface area contributed by atoms with Gasteiger partial charge in [-0.2, -0.15) is 0 Å². The van der Waals surface area contributed by atoms with Crippen molar-refractivity contribution in [3.63, 3.8) is 0 Å². The van der Waals surface area contributed by atoms with E-state index in [1.807, 2.05) is 12.1 Å². The van der Waals surface area contributed by atoms with Crippen LogP contribution in [0.4, 0.5) is 0 Å². The molecule has 0 aromatic heterocycles. The van der Waals surface area contributed by atoms with Crippen molar-refractivity contribution in [3.8, 4) is 0 Å². The highest BCUT2D eigenvalue weighted by Gasteiger charge is 2.55. The van der Waals surface area contributed by atoms with Gasteiger partial charge in [-0.3, -0.25) is 0 Å². The number of carbonyl (C=O) groups excluding carboxylic acids is 1. The smallest absolute Gasteiger partial charge is 0.331 e. The lowest BCUT2D eigenvalue weighted by atomic mass is 9.76. The number of esters is 1. The minimum absolute atomic E-state index is 0.0456. The van der Waals surface area contributed by atoms with Crippen molar-refractivity contribution in [2.45, 2.75) is 102 Å². The molecule has 1 aromatic carbocycles. The molecule has 0 saturated carbocycles. The van der Waals surface area contributed by atoms with Crippen LogP contribution in [0.15, 0.2) is 36.4 Å². The molecule has 1 heterocycles. The van der Waals surface area contributed by atoms with E-state index in [9.17, 15) is 4.79 Å². The van der Waals surface area contributed by atoms with Gasteiger partial charge in [-0.1, -0.05) is 65.8 Å². The molecule has 31 heavy (non-hydrogen) atoms. The lowest BCUT2D eigenvalue weighted by Gasteiger charge is -2.50. The molecule has 6 heteroatoms. The SMILES string of the molecule is CC(C)(C)[Si](C)(C)O[C@@H]1c2ccccc2[C@H](O[Si](C)(C)C(C)(C)C)C[C@]12C=CC(=O)O2. The molecule has 1 aliphatic carbocycles. The highest BCUT2D eigenvalue weighted by molar-refractivity contribution is 6.74. The van der Waals surface area contributed by atoms with Crippen LogP contribution in [-0.4, -0.2) is 28.2 Å². The van der Waals surface area contributed by atoms with Crippen LogP contribution < -0.4 is 0 Å². The molecule has 1 aromatic rings. The molecule has 0 fully saturated rings. The summed E-state index contributed by atoms with van der Waals surface area (Å²) in [6, 6.07) is 8.39. The fraction of sp³-hybridized carbons (Fsp3) is 0.640. The van der Waals surface area contributed by atoms with E-state index in [0.717, 1.165) is 11.1 Å². The molecule has 4 nitrogen and oxygen atoms in total. The largest absolute Gasteiger partial charge is 0.448 e. The third-order valence-electron chi connectivity index (χ3n) is 7.83. The Kier molecular flexibility index (Phi) is 6.05. The molecule has 0 saturated heterocycles. The van der Waals surface area contributed by atoms with Crippen molar-refractivity contribution in [2.75, 3.05) is 0 Å². The average Bonchev–Trinajstić information content (AvgIpc) is 2.97. The summed E-state index contributed by atoms with van der Waals surface area (Å²) in [5.74, 6) is -0.297. The zero-order chi connectivity index (χ0) is 23.5. The maximum atomic E-state index is 12.3. The van der Waals surface area contributed by atoms with Crippen LogP contribution in [-0.2, 0) is 18.4 Å². The van der Waals surface area contributed by atoms with E-state index in [1.165, 1.54) is 0 Å². The van der Waals surface area contributed by atoms with E-state index < -0.39 is 22.2 Å². The minimum atomic E-state index is -2.13. The van der Waals surface area contributed by atoms with E-state index in [2.05, 4.69) is 85.9 Å². The standard InChI is InChI=1S/C25H40O4Si2/c1-23(2,3)30(7,8)28-20-17-25(16-15-21(26)27-25)22(19-14-12-11-13-18(19)20)29-31(9,10)24(4,5)6/h11-16,20,22H,17H2,1-10H3/t20-,22-,25-/m1/s1. The topological polar surface area (TPSA) is 44.8 Å². The summed E-state index contributed by atoms with van der Waals surface area (Å²) in [6.45, 7) is 22.5. The van der Waals surface area contributed by atoms with Crippen LogP contribution >= 0.6 is 0 Å². The predicted molar refractivity (Wildman–Crippen MR) is 131 cm³/mol. The van der Waals surface area contributed by atoms with E-state index >= 15 is 0 Å². The van der Waals surface area contributed by atoms with Gasteiger partial charge in [-0.15, -0.1) is 0 Å². The van der Waals surface area contributed by atoms with Gasteiger partial charge in [0.2, 0.25) is 0 Å². The zero-order valence-electron chi connectivity index (χ0n) is 21.0. The highest BCUT2D eigenvalue weighted by atomic mass is 28.4. The summed E-state index contributed by atoms with van der Waals surface area (Å²) < 4.78 is 19.9. The second-order valence-corrected chi connectivity index (χ2v) is 21.7. The molecule has 172 valence electrons. The Morgan fingerprint density at radius 3 is 1.90 bits per heavy atom. The average molecular weight is 461 g/mol. The van der Waals surface area contributed by atoms with Crippen LogP contribution in [0.25, 0.3) is 0 Å². The van der Waals surface area contributed by atoms with Crippen molar-refractivity contribution in [1.82, 2.24) is 0 Å². The normalized spacial score (nSPS) is 26.8. The van der Waals surface area contributed by atoms with E-state index in [4.69, 9.17) is 13.6 Å². The molecule has 0 amide bonds. The van der Waals surface area contributed by atoms with Crippen molar-refractivity contribution in [2.24, 2.45) is 0 Å². The Morgan fingerprint density at radius 2 is 1.42 bits per heavy atom. The van der Waals surface area contributed by atoms with E-state index in [1.54, 1.807) is 6.08 Å². The Labute approximate surface area is 190 Å². The zero-order valence-corrected chi connectivity index (χ0v) is 23.0. The highest BCUT2D eigenvalue weighted by Crippen LogP contribution is 2.54. The van der Waals surface area contributed by atoms with Gasteiger partial charge in [0.25, 0.3) is 0 Å². The second-order valence-electron chi connectivity index (χ2n) is 12.2. The van der Waals surface area contributed by atoms with E-state index in [0.29, 0.717) is 6.42 Å². The summed E-state index contributed by atoms with van der Waals surface area (Å²) in [4.78, 5) is 12.3. The molecule has 1 aliphatic heterocycles. The maximum absolute atomic E-state index is 12.3. The molecule has 0 N–H and O–H groups in total. The van der Waals surface area contributed by atoms with Gasteiger partial charge in [-0.25, -0.2) is 4.79 Å². The summed E-state index contributed by atoms with van der Waals surface area (Å²) in [5, 5.41) is 0.135. The van der Waals surface area contributed by atoms with Gasteiger partial charge in [0.1, 0.15) is 6.10 Å². The Hall–Kier alpha value is -1.22. The van der Waals surface area contributed by atoms with Crippen molar-refractivity contribution in [1.29, 1.82) is 0 Å². The number of benzene rings is 1. The first kappa shape index (κ1) is 24.4. The van der Waals surface area contributed by atoms with Gasteiger partial charge >= 0.3 is 5.97 Å². The number of carbonyl (C=O) groups is 1. The van der Waals surface area contributed by atoms with Gasteiger partial charge in [0.15, 0.2) is 22.2 Å². The molecule has 3 rings (SSSR count). The molecule has 3 atom stereocenters.